The van der Waals surface area contributed by atoms with Gasteiger partial charge in [-0.25, -0.2) is 13.9 Å². The van der Waals surface area contributed by atoms with Crippen LogP contribution < -0.4 is 5.14 Å². The van der Waals surface area contributed by atoms with Gasteiger partial charge >= 0.3 is 16.2 Å². The molecule has 0 fully saturated rings. The number of aromatic nitrogens is 1. The van der Waals surface area contributed by atoms with Crippen molar-refractivity contribution in [3.63, 3.8) is 0 Å². The predicted molar refractivity (Wildman–Crippen MR) is 70.1 cm³/mol. The van der Waals surface area contributed by atoms with Crippen LogP contribution in [0.1, 0.15) is 16.1 Å². The summed E-state index contributed by atoms with van der Waals surface area (Å²) in [5.74, 6) is -1.35. The maximum Gasteiger partial charge on any atom is 0.354 e. The monoisotopic (exact) mass is 280 g/mol. The number of carbonyl (C=O) groups is 1. The molecule has 0 atom stereocenters. The molecule has 1 aromatic carbocycles. The van der Waals surface area contributed by atoms with Gasteiger partial charge in [0.25, 0.3) is 0 Å². The first-order chi connectivity index (χ1) is 8.80. The van der Waals surface area contributed by atoms with Gasteiger partial charge in [-0.3, -0.25) is 0 Å². The highest BCUT2D eigenvalue weighted by atomic mass is 32.2. The van der Waals surface area contributed by atoms with Crippen LogP contribution in [0.25, 0.3) is 11.1 Å². The lowest BCUT2D eigenvalue weighted by atomic mass is 10.0. The zero-order valence-corrected chi connectivity index (χ0v) is 10.9. The Morgan fingerprint density at radius 3 is 2.26 bits per heavy atom. The fourth-order valence-corrected chi connectivity index (χ4v) is 2.46. The lowest BCUT2D eigenvalue weighted by molar-refractivity contribution is 0.0690. The third kappa shape index (κ3) is 2.51. The fraction of sp³-hybridized carbons (Fsp3) is 0.0833. The number of nitrogens with zero attached hydrogens (tertiary/aromatic N) is 1. The molecule has 6 nitrogen and oxygen atoms in total. The molecule has 0 aliphatic carbocycles. The summed E-state index contributed by atoms with van der Waals surface area (Å²) in [6, 6.07) is 8.50. The zero-order valence-electron chi connectivity index (χ0n) is 10.1. The van der Waals surface area contributed by atoms with Crippen molar-refractivity contribution in [1.29, 1.82) is 0 Å². The third-order valence-electron chi connectivity index (χ3n) is 2.69. The summed E-state index contributed by atoms with van der Waals surface area (Å²) in [7, 11) is -4.14. The van der Waals surface area contributed by atoms with Gasteiger partial charge < -0.3 is 5.11 Å². The minimum atomic E-state index is -4.14. The highest BCUT2D eigenvalue weighted by Gasteiger charge is 2.22. The van der Waals surface area contributed by atoms with Gasteiger partial charge in [-0.05, 0) is 18.6 Å². The van der Waals surface area contributed by atoms with E-state index in [-0.39, 0.29) is 5.69 Å². The quantitative estimate of drug-likeness (QED) is 0.882. The van der Waals surface area contributed by atoms with Gasteiger partial charge in [0.1, 0.15) is 0 Å². The summed E-state index contributed by atoms with van der Waals surface area (Å²) in [6.07, 6.45) is 1.13. The molecule has 2 aromatic rings. The summed E-state index contributed by atoms with van der Waals surface area (Å²) in [6.45, 7) is 1.90. The summed E-state index contributed by atoms with van der Waals surface area (Å²) in [5, 5.41) is 14.2. The van der Waals surface area contributed by atoms with E-state index in [2.05, 4.69) is 0 Å². The number of carboxylic acids is 1. The molecule has 0 aliphatic heterocycles. The van der Waals surface area contributed by atoms with Crippen molar-refractivity contribution in [2.45, 2.75) is 6.92 Å². The average Bonchev–Trinajstić information content (AvgIpc) is 2.74. The lowest BCUT2D eigenvalue weighted by Crippen LogP contribution is -2.24. The van der Waals surface area contributed by atoms with Gasteiger partial charge in [0.15, 0.2) is 5.69 Å². The number of nitrogens with two attached hydrogens (primary N) is 1. The van der Waals surface area contributed by atoms with Crippen molar-refractivity contribution in [3.8, 4) is 11.1 Å². The Labute approximate surface area is 110 Å². The number of hydrogen-bond acceptors (Lipinski definition) is 3. The van der Waals surface area contributed by atoms with Gasteiger partial charge in [-0.1, -0.05) is 29.8 Å². The highest BCUT2D eigenvalue weighted by Crippen LogP contribution is 2.26. The summed E-state index contributed by atoms with van der Waals surface area (Å²) >= 11 is 0. The lowest BCUT2D eigenvalue weighted by Gasteiger charge is -2.05. The molecule has 2 rings (SSSR count). The second kappa shape index (κ2) is 4.52. The number of benzene rings is 1. The van der Waals surface area contributed by atoms with E-state index in [1.54, 1.807) is 12.1 Å². The molecule has 100 valence electrons. The molecule has 0 aliphatic rings. The first-order valence-electron chi connectivity index (χ1n) is 5.35. The van der Waals surface area contributed by atoms with E-state index < -0.39 is 16.2 Å². The van der Waals surface area contributed by atoms with E-state index in [0.717, 1.165) is 11.8 Å². The molecule has 7 heteroatoms. The minimum absolute atomic E-state index is 0.307. The molecule has 0 spiro atoms. The third-order valence-corrected chi connectivity index (χ3v) is 3.54. The van der Waals surface area contributed by atoms with Crippen molar-refractivity contribution >= 4 is 16.2 Å². The van der Waals surface area contributed by atoms with Crippen molar-refractivity contribution in [2.24, 2.45) is 5.14 Å². The standard InChI is InChI=1S/C12H12N2O4S/c1-8-2-4-9(5-3-8)10-6-7-14(19(13,17)18)11(10)12(15)16/h2-7H,1H3,(H,15,16)(H2,13,17,18). The summed E-state index contributed by atoms with van der Waals surface area (Å²) in [5.41, 5.74) is 1.57. The van der Waals surface area contributed by atoms with E-state index >= 15 is 0 Å². The SMILES string of the molecule is Cc1ccc(-c2ccn(S(N)(=O)=O)c2C(=O)O)cc1. The number of carboxylic acid groups (broad SMARTS) is 1. The molecule has 0 radical (unpaired) electrons. The van der Waals surface area contributed by atoms with Crippen LogP contribution in [0.2, 0.25) is 0 Å². The average molecular weight is 280 g/mol. The van der Waals surface area contributed by atoms with Crippen LogP contribution in [0.4, 0.5) is 0 Å². The van der Waals surface area contributed by atoms with Crippen LogP contribution >= 0.6 is 0 Å². The molecule has 0 saturated carbocycles. The number of rotatable bonds is 3. The first kappa shape index (κ1) is 13.3. The fourth-order valence-electron chi connectivity index (χ4n) is 1.80. The van der Waals surface area contributed by atoms with Crippen LogP contribution in [0, 0.1) is 6.92 Å². The molecule has 1 heterocycles. The molecule has 0 amide bonds. The Balaban J connectivity index is 2.69. The van der Waals surface area contributed by atoms with Crippen molar-refractivity contribution in [3.05, 3.63) is 47.8 Å². The number of hydrogen-bond donors (Lipinski definition) is 2. The van der Waals surface area contributed by atoms with E-state index in [1.165, 1.54) is 6.07 Å². The predicted octanol–water partition coefficient (Wildman–Crippen LogP) is 1.21. The maximum absolute atomic E-state index is 11.3. The Hall–Kier alpha value is -2.12. The normalized spacial score (nSPS) is 11.5. The minimum Gasteiger partial charge on any atom is -0.477 e. The van der Waals surface area contributed by atoms with Gasteiger partial charge in [0.05, 0.1) is 0 Å². The second-order valence-corrected chi connectivity index (χ2v) is 5.51. The van der Waals surface area contributed by atoms with Gasteiger partial charge in [-0.2, -0.15) is 8.42 Å². The van der Waals surface area contributed by atoms with Crippen LogP contribution in [-0.2, 0) is 10.2 Å². The van der Waals surface area contributed by atoms with Crippen molar-refractivity contribution < 1.29 is 18.3 Å². The van der Waals surface area contributed by atoms with Crippen LogP contribution in [0.5, 0.6) is 0 Å². The van der Waals surface area contributed by atoms with E-state index in [0.29, 0.717) is 15.1 Å². The smallest absolute Gasteiger partial charge is 0.354 e. The van der Waals surface area contributed by atoms with E-state index in [9.17, 15) is 18.3 Å². The van der Waals surface area contributed by atoms with Gasteiger partial charge in [-0.15, -0.1) is 0 Å². The molecule has 1 aromatic heterocycles. The molecule has 0 saturated heterocycles. The second-order valence-electron chi connectivity index (χ2n) is 4.09. The summed E-state index contributed by atoms with van der Waals surface area (Å²) in [4.78, 5) is 11.2. The van der Waals surface area contributed by atoms with Crippen LogP contribution in [0.3, 0.4) is 0 Å². The summed E-state index contributed by atoms with van der Waals surface area (Å²) < 4.78 is 23.2. The van der Waals surface area contributed by atoms with Gasteiger partial charge in [0.2, 0.25) is 0 Å². The van der Waals surface area contributed by atoms with Crippen molar-refractivity contribution in [2.75, 3.05) is 0 Å². The maximum atomic E-state index is 11.3. The Kier molecular flexibility index (Phi) is 3.17. The molecular formula is C12H12N2O4S. The molecule has 19 heavy (non-hydrogen) atoms. The van der Waals surface area contributed by atoms with E-state index in [4.69, 9.17) is 5.14 Å². The van der Waals surface area contributed by atoms with E-state index in [1.807, 2.05) is 19.1 Å². The molecular weight excluding hydrogens is 268 g/mol. The van der Waals surface area contributed by atoms with Gasteiger partial charge in [0, 0.05) is 11.8 Å². The molecule has 0 bridgehead atoms. The van der Waals surface area contributed by atoms with Crippen molar-refractivity contribution in [1.82, 2.24) is 3.97 Å². The number of aromatic carboxylic acids is 1. The van der Waals surface area contributed by atoms with Crippen LogP contribution in [-0.4, -0.2) is 23.5 Å². The first-order valence-corrected chi connectivity index (χ1v) is 6.86. The molecule has 0 unspecified atom stereocenters. The zero-order chi connectivity index (χ0) is 14.2. The Bertz CT molecular complexity index is 730. The Morgan fingerprint density at radius 1 is 1.21 bits per heavy atom. The highest BCUT2D eigenvalue weighted by molar-refractivity contribution is 7.87. The van der Waals surface area contributed by atoms with Crippen LogP contribution in [0.15, 0.2) is 36.5 Å². The molecule has 3 N–H and O–H groups in total. The Morgan fingerprint density at radius 2 is 1.79 bits per heavy atom. The number of aryl methyl sites for hydroxylation is 1. The largest absolute Gasteiger partial charge is 0.477 e. The topological polar surface area (TPSA) is 102 Å².